The maximum absolute atomic E-state index is 11.0. The normalized spacial score (nSPS) is 24.0. The molecule has 5 nitrogen and oxygen atoms in total. The van der Waals surface area contributed by atoms with Gasteiger partial charge in [-0.1, -0.05) is 6.92 Å². The molecule has 0 aromatic heterocycles. The number of benzene rings is 1. The van der Waals surface area contributed by atoms with E-state index < -0.39 is 5.91 Å². The van der Waals surface area contributed by atoms with Crippen molar-refractivity contribution < 1.29 is 9.90 Å². The molecule has 0 saturated carbocycles. The van der Waals surface area contributed by atoms with Crippen molar-refractivity contribution in [1.82, 2.24) is 0 Å². The summed E-state index contributed by atoms with van der Waals surface area (Å²) in [7, 11) is 0. The number of amides is 1. The van der Waals surface area contributed by atoms with E-state index in [0.717, 1.165) is 18.7 Å². The van der Waals surface area contributed by atoms with E-state index in [1.807, 2.05) is 11.8 Å². The molecule has 1 aliphatic rings. The number of hydrogen-bond acceptors (Lipinski definition) is 4. The van der Waals surface area contributed by atoms with Crippen LogP contribution in [-0.4, -0.2) is 30.2 Å². The van der Waals surface area contributed by atoms with Crippen molar-refractivity contribution >= 4 is 17.3 Å². The molecule has 5 N–H and O–H groups in total. The lowest BCUT2D eigenvalue weighted by molar-refractivity contribution is 0.0999. The Hall–Kier alpha value is -1.75. The fraction of sp³-hybridized carbons (Fsp3) is 0.462. The number of primary amides is 1. The number of carbonyl (C=O) groups excluding carboxylic acids is 1. The highest BCUT2D eigenvalue weighted by atomic mass is 16.3. The number of nitrogen functional groups attached to an aromatic ring is 1. The molecule has 1 aromatic carbocycles. The molecule has 1 amide bonds. The summed E-state index contributed by atoms with van der Waals surface area (Å²) in [6, 6.07) is 5.04. The molecule has 2 rings (SSSR count). The van der Waals surface area contributed by atoms with Gasteiger partial charge in [-0.25, -0.2) is 0 Å². The third kappa shape index (κ3) is 2.41. The Morgan fingerprint density at radius 2 is 2.22 bits per heavy atom. The van der Waals surface area contributed by atoms with Gasteiger partial charge in [0.25, 0.3) is 0 Å². The van der Waals surface area contributed by atoms with E-state index in [1.54, 1.807) is 18.2 Å². The SMILES string of the molecule is CC1CCN(c2ccc(C(N)=O)cc2N)CC1O. The number of β-amino-alcohol motifs (C(OH)–C–C–N with tert-alkyl or cyclic N) is 1. The second-order valence-corrected chi connectivity index (χ2v) is 4.92. The van der Waals surface area contributed by atoms with E-state index in [1.165, 1.54) is 0 Å². The monoisotopic (exact) mass is 249 g/mol. The molecule has 5 heteroatoms. The Morgan fingerprint density at radius 1 is 1.50 bits per heavy atom. The van der Waals surface area contributed by atoms with Crippen LogP contribution in [0.25, 0.3) is 0 Å². The minimum atomic E-state index is -0.486. The molecule has 1 aromatic rings. The zero-order valence-corrected chi connectivity index (χ0v) is 10.5. The first-order valence-electron chi connectivity index (χ1n) is 6.11. The molecule has 1 aliphatic heterocycles. The Balaban J connectivity index is 2.21. The van der Waals surface area contributed by atoms with Gasteiger partial charge in [-0.3, -0.25) is 4.79 Å². The average Bonchev–Trinajstić information content (AvgIpc) is 2.32. The number of piperidine rings is 1. The highest BCUT2D eigenvalue weighted by Crippen LogP contribution is 2.28. The van der Waals surface area contributed by atoms with Crippen molar-refractivity contribution in [3.05, 3.63) is 23.8 Å². The van der Waals surface area contributed by atoms with Crippen molar-refractivity contribution in [3.8, 4) is 0 Å². The van der Waals surface area contributed by atoms with E-state index in [2.05, 4.69) is 0 Å². The highest BCUT2D eigenvalue weighted by molar-refractivity contribution is 5.94. The van der Waals surface area contributed by atoms with Gasteiger partial charge in [-0.2, -0.15) is 0 Å². The molecular formula is C13H19N3O2. The number of hydrogen-bond donors (Lipinski definition) is 3. The van der Waals surface area contributed by atoms with Gasteiger partial charge in [0.2, 0.25) is 5.91 Å². The molecule has 18 heavy (non-hydrogen) atoms. The Morgan fingerprint density at radius 3 is 2.78 bits per heavy atom. The molecule has 98 valence electrons. The van der Waals surface area contributed by atoms with Gasteiger partial charge >= 0.3 is 0 Å². The smallest absolute Gasteiger partial charge is 0.248 e. The third-order valence-corrected chi connectivity index (χ3v) is 3.57. The number of aliphatic hydroxyl groups excluding tert-OH is 1. The van der Waals surface area contributed by atoms with Crippen molar-refractivity contribution in [2.45, 2.75) is 19.4 Å². The standard InChI is InChI=1S/C13H19N3O2/c1-8-4-5-16(7-12(8)17)11-3-2-9(13(15)18)6-10(11)14/h2-3,6,8,12,17H,4-5,7,14H2,1H3,(H2,15,18). The lowest BCUT2D eigenvalue weighted by Crippen LogP contribution is -2.43. The first kappa shape index (κ1) is 12.7. The molecule has 1 heterocycles. The Labute approximate surface area is 106 Å². The second kappa shape index (κ2) is 4.86. The lowest BCUT2D eigenvalue weighted by Gasteiger charge is -2.36. The van der Waals surface area contributed by atoms with E-state index in [9.17, 15) is 9.90 Å². The van der Waals surface area contributed by atoms with Crippen molar-refractivity contribution in [2.75, 3.05) is 23.7 Å². The van der Waals surface area contributed by atoms with E-state index >= 15 is 0 Å². The summed E-state index contributed by atoms with van der Waals surface area (Å²) in [6.07, 6.45) is 0.590. The molecule has 0 bridgehead atoms. The number of anilines is 2. The predicted octanol–water partition coefficient (Wildman–Crippen LogP) is 0.575. The van der Waals surface area contributed by atoms with Gasteiger partial charge in [0.05, 0.1) is 17.5 Å². The molecular weight excluding hydrogens is 230 g/mol. The van der Waals surface area contributed by atoms with Crippen molar-refractivity contribution in [1.29, 1.82) is 0 Å². The maximum atomic E-state index is 11.0. The van der Waals surface area contributed by atoms with E-state index in [4.69, 9.17) is 11.5 Å². The lowest BCUT2D eigenvalue weighted by atomic mass is 9.95. The number of aliphatic hydroxyl groups is 1. The average molecular weight is 249 g/mol. The van der Waals surface area contributed by atoms with Gasteiger partial charge in [0.1, 0.15) is 0 Å². The molecule has 2 unspecified atom stereocenters. The Bertz CT molecular complexity index is 462. The number of nitrogens with two attached hydrogens (primary N) is 2. The summed E-state index contributed by atoms with van der Waals surface area (Å²) >= 11 is 0. The Kier molecular flexibility index (Phi) is 3.43. The summed E-state index contributed by atoms with van der Waals surface area (Å²) in [5, 5.41) is 9.89. The number of nitrogens with zero attached hydrogens (tertiary/aromatic N) is 1. The number of carbonyl (C=O) groups is 1. The molecule has 0 radical (unpaired) electrons. The van der Waals surface area contributed by atoms with Gasteiger partial charge in [-0.05, 0) is 30.5 Å². The van der Waals surface area contributed by atoms with Crippen LogP contribution in [0.3, 0.4) is 0 Å². The summed E-state index contributed by atoms with van der Waals surface area (Å²) in [6.45, 7) is 3.47. The third-order valence-electron chi connectivity index (χ3n) is 3.57. The van der Waals surface area contributed by atoms with Crippen molar-refractivity contribution in [2.24, 2.45) is 11.7 Å². The minimum Gasteiger partial charge on any atom is -0.397 e. The first-order valence-corrected chi connectivity index (χ1v) is 6.11. The van der Waals surface area contributed by atoms with Crippen LogP contribution in [0.5, 0.6) is 0 Å². The topological polar surface area (TPSA) is 92.6 Å². The zero-order valence-electron chi connectivity index (χ0n) is 10.5. The van der Waals surface area contributed by atoms with Crippen LogP contribution in [0.4, 0.5) is 11.4 Å². The molecule has 1 saturated heterocycles. The fourth-order valence-electron chi connectivity index (χ4n) is 2.26. The summed E-state index contributed by atoms with van der Waals surface area (Å²) in [5.74, 6) is -0.173. The summed E-state index contributed by atoms with van der Waals surface area (Å²) < 4.78 is 0. The van der Waals surface area contributed by atoms with Crippen LogP contribution in [-0.2, 0) is 0 Å². The van der Waals surface area contributed by atoms with Gasteiger partial charge in [0, 0.05) is 18.7 Å². The zero-order chi connectivity index (χ0) is 13.3. The van der Waals surface area contributed by atoms with E-state index in [0.29, 0.717) is 23.7 Å². The predicted molar refractivity (Wildman–Crippen MR) is 71.4 cm³/mol. The largest absolute Gasteiger partial charge is 0.397 e. The van der Waals surface area contributed by atoms with Gasteiger partial charge in [-0.15, -0.1) is 0 Å². The second-order valence-electron chi connectivity index (χ2n) is 4.92. The van der Waals surface area contributed by atoms with Gasteiger partial charge < -0.3 is 21.5 Å². The number of rotatable bonds is 2. The van der Waals surface area contributed by atoms with Crippen LogP contribution in [0, 0.1) is 5.92 Å². The minimum absolute atomic E-state index is 0.312. The maximum Gasteiger partial charge on any atom is 0.248 e. The summed E-state index contributed by atoms with van der Waals surface area (Å²) in [5.41, 5.74) is 12.9. The first-order chi connectivity index (χ1) is 8.49. The van der Waals surface area contributed by atoms with Crippen LogP contribution < -0.4 is 16.4 Å². The fourth-order valence-corrected chi connectivity index (χ4v) is 2.26. The molecule has 0 spiro atoms. The van der Waals surface area contributed by atoms with E-state index in [-0.39, 0.29) is 6.10 Å². The van der Waals surface area contributed by atoms with Crippen LogP contribution in [0.2, 0.25) is 0 Å². The molecule has 0 aliphatic carbocycles. The van der Waals surface area contributed by atoms with Crippen LogP contribution in [0.1, 0.15) is 23.7 Å². The van der Waals surface area contributed by atoms with Crippen LogP contribution in [0.15, 0.2) is 18.2 Å². The van der Waals surface area contributed by atoms with Gasteiger partial charge in [0.15, 0.2) is 0 Å². The molecule has 1 fully saturated rings. The van der Waals surface area contributed by atoms with Crippen molar-refractivity contribution in [3.63, 3.8) is 0 Å². The molecule has 2 atom stereocenters. The summed E-state index contributed by atoms with van der Waals surface area (Å²) in [4.78, 5) is 13.1. The quantitative estimate of drug-likeness (QED) is 0.668. The highest BCUT2D eigenvalue weighted by Gasteiger charge is 2.25. The van der Waals surface area contributed by atoms with Crippen LogP contribution >= 0.6 is 0 Å².